The Labute approximate surface area is 137 Å². The monoisotopic (exact) mass is 313 g/mol. The fourth-order valence-corrected chi connectivity index (χ4v) is 2.73. The Morgan fingerprint density at radius 3 is 2.91 bits per heavy atom. The number of hydrogen-bond donors (Lipinski definition) is 1. The molecule has 1 aliphatic heterocycles. The third-order valence-electron chi connectivity index (χ3n) is 4.12. The topological polar surface area (TPSA) is 65.4 Å². The molecule has 1 aliphatic rings. The molecule has 0 bridgehead atoms. The van der Waals surface area contributed by atoms with Crippen LogP contribution in [0.3, 0.4) is 0 Å². The van der Waals surface area contributed by atoms with Crippen molar-refractivity contribution in [1.29, 1.82) is 5.26 Å². The molecule has 0 aliphatic carbocycles. The van der Waals surface area contributed by atoms with E-state index in [1.165, 1.54) is 6.42 Å². The van der Waals surface area contributed by atoms with Gasteiger partial charge < -0.3 is 15.0 Å². The predicted octanol–water partition coefficient (Wildman–Crippen LogP) is 3.22. The number of anilines is 1. The van der Waals surface area contributed by atoms with Gasteiger partial charge >= 0.3 is 0 Å². The lowest BCUT2D eigenvalue weighted by Gasteiger charge is -2.32. The van der Waals surface area contributed by atoms with E-state index in [1.807, 2.05) is 25.1 Å². The fourth-order valence-electron chi connectivity index (χ4n) is 2.73. The van der Waals surface area contributed by atoms with Crippen LogP contribution in [0, 0.1) is 18.3 Å². The second-order valence-electron chi connectivity index (χ2n) is 5.90. The smallest absolute Gasteiger partial charge is 0.267 e. The lowest BCUT2D eigenvalue weighted by Crippen LogP contribution is -2.34. The van der Waals surface area contributed by atoms with Crippen molar-refractivity contribution in [2.75, 3.05) is 19.0 Å². The van der Waals surface area contributed by atoms with Crippen LogP contribution in [-0.2, 0) is 4.79 Å². The highest BCUT2D eigenvalue weighted by molar-refractivity contribution is 6.07. The number of aryl methyl sites for hydroxylation is 1. The van der Waals surface area contributed by atoms with Crippen LogP contribution < -0.4 is 10.1 Å². The van der Waals surface area contributed by atoms with Crippen LogP contribution in [0.15, 0.2) is 30.0 Å². The lowest BCUT2D eigenvalue weighted by molar-refractivity contribution is -0.112. The van der Waals surface area contributed by atoms with Crippen molar-refractivity contribution >= 4 is 11.6 Å². The summed E-state index contributed by atoms with van der Waals surface area (Å²) in [4.78, 5) is 14.5. The normalized spacial score (nSPS) is 18.3. The minimum atomic E-state index is -0.408. The molecule has 1 N–H and O–H groups in total. The second kappa shape index (κ2) is 7.68. The molecule has 1 atom stereocenters. The number of hydrogen-bond acceptors (Lipinski definition) is 4. The average Bonchev–Trinajstić information content (AvgIpc) is 2.54. The van der Waals surface area contributed by atoms with E-state index >= 15 is 0 Å². The fraction of sp³-hybridized carbons (Fsp3) is 0.444. The highest BCUT2D eigenvalue weighted by atomic mass is 16.5. The van der Waals surface area contributed by atoms with Crippen molar-refractivity contribution in [2.45, 2.75) is 39.2 Å². The third-order valence-corrected chi connectivity index (χ3v) is 4.12. The summed E-state index contributed by atoms with van der Waals surface area (Å²) in [5.74, 6) is 0.168. The van der Waals surface area contributed by atoms with Gasteiger partial charge in [-0.2, -0.15) is 5.26 Å². The van der Waals surface area contributed by atoms with Crippen LogP contribution >= 0.6 is 0 Å². The zero-order chi connectivity index (χ0) is 16.8. The van der Waals surface area contributed by atoms with E-state index in [0.29, 0.717) is 17.5 Å². The quantitative estimate of drug-likeness (QED) is 0.684. The summed E-state index contributed by atoms with van der Waals surface area (Å²) >= 11 is 0. The molecule has 122 valence electrons. The average molecular weight is 313 g/mol. The van der Waals surface area contributed by atoms with Crippen molar-refractivity contribution in [2.24, 2.45) is 0 Å². The van der Waals surface area contributed by atoms with Gasteiger partial charge in [-0.3, -0.25) is 4.79 Å². The van der Waals surface area contributed by atoms with Gasteiger partial charge in [0.05, 0.1) is 12.8 Å². The van der Waals surface area contributed by atoms with Crippen molar-refractivity contribution in [1.82, 2.24) is 4.90 Å². The van der Waals surface area contributed by atoms with Crippen LogP contribution in [-0.4, -0.2) is 30.5 Å². The van der Waals surface area contributed by atoms with Gasteiger partial charge in [-0.1, -0.05) is 6.07 Å². The minimum Gasteiger partial charge on any atom is -0.495 e. The van der Waals surface area contributed by atoms with Gasteiger partial charge in [-0.05, 0) is 50.8 Å². The number of piperidine rings is 1. The van der Waals surface area contributed by atoms with Crippen LogP contribution in [0.1, 0.15) is 31.7 Å². The number of nitrogens with one attached hydrogen (secondary N) is 1. The number of nitrogens with zero attached hydrogens (tertiary/aromatic N) is 2. The Morgan fingerprint density at radius 1 is 1.48 bits per heavy atom. The number of benzene rings is 1. The van der Waals surface area contributed by atoms with E-state index in [0.717, 1.165) is 24.9 Å². The molecular weight excluding hydrogens is 290 g/mol. The van der Waals surface area contributed by atoms with Crippen molar-refractivity contribution in [3.05, 3.63) is 35.5 Å². The summed E-state index contributed by atoms with van der Waals surface area (Å²) in [5.41, 5.74) is 1.70. The van der Waals surface area contributed by atoms with Gasteiger partial charge in [0.15, 0.2) is 0 Å². The first kappa shape index (κ1) is 16.9. The van der Waals surface area contributed by atoms with Crippen LogP contribution in [0.4, 0.5) is 5.69 Å². The number of carbonyl (C=O) groups is 1. The predicted molar refractivity (Wildman–Crippen MR) is 90.1 cm³/mol. The lowest BCUT2D eigenvalue weighted by atomic mass is 10.0. The Morgan fingerprint density at radius 2 is 2.26 bits per heavy atom. The summed E-state index contributed by atoms with van der Waals surface area (Å²) in [5, 5.41) is 12.1. The maximum absolute atomic E-state index is 12.4. The maximum atomic E-state index is 12.4. The molecule has 1 unspecified atom stereocenters. The largest absolute Gasteiger partial charge is 0.495 e. The molecule has 5 nitrogen and oxygen atoms in total. The SMILES string of the molecule is COc1ccc(C)cc1NC(=O)/C(C#N)=C\N1CCCCC1C. The van der Waals surface area contributed by atoms with Gasteiger partial charge in [0, 0.05) is 18.8 Å². The molecule has 1 amide bonds. The zero-order valence-electron chi connectivity index (χ0n) is 13.9. The van der Waals surface area contributed by atoms with E-state index < -0.39 is 5.91 Å². The van der Waals surface area contributed by atoms with Gasteiger partial charge in [-0.15, -0.1) is 0 Å². The summed E-state index contributed by atoms with van der Waals surface area (Å²) in [6.45, 7) is 4.94. The van der Waals surface area contributed by atoms with E-state index in [-0.39, 0.29) is 5.57 Å². The van der Waals surface area contributed by atoms with Crippen molar-refractivity contribution < 1.29 is 9.53 Å². The highest BCUT2D eigenvalue weighted by Crippen LogP contribution is 2.26. The number of ether oxygens (including phenoxy) is 1. The third kappa shape index (κ3) is 4.26. The number of likely N-dealkylation sites (tertiary alicyclic amines) is 1. The molecule has 2 rings (SSSR count). The van der Waals surface area contributed by atoms with E-state index in [9.17, 15) is 10.1 Å². The van der Waals surface area contributed by atoms with Gasteiger partial charge in [-0.25, -0.2) is 0 Å². The Bertz CT molecular complexity index is 646. The summed E-state index contributed by atoms with van der Waals surface area (Å²) in [6.07, 6.45) is 5.05. The molecule has 0 radical (unpaired) electrons. The second-order valence-corrected chi connectivity index (χ2v) is 5.90. The van der Waals surface area contributed by atoms with Gasteiger partial charge in [0.1, 0.15) is 17.4 Å². The van der Waals surface area contributed by atoms with E-state index in [2.05, 4.69) is 17.1 Å². The first-order valence-electron chi connectivity index (χ1n) is 7.89. The molecule has 0 saturated carbocycles. The van der Waals surface area contributed by atoms with Gasteiger partial charge in [0.2, 0.25) is 0 Å². The molecule has 1 saturated heterocycles. The molecule has 23 heavy (non-hydrogen) atoms. The molecule has 0 spiro atoms. The summed E-state index contributed by atoms with van der Waals surface area (Å²) in [7, 11) is 1.55. The zero-order valence-corrected chi connectivity index (χ0v) is 13.9. The van der Waals surface area contributed by atoms with Crippen LogP contribution in [0.5, 0.6) is 5.75 Å². The molecule has 1 fully saturated rings. The molecule has 1 aromatic rings. The van der Waals surface area contributed by atoms with Crippen molar-refractivity contribution in [3.8, 4) is 11.8 Å². The number of rotatable bonds is 4. The molecule has 5 heteroatoms. The van der Waals surface area contributed by atoms with Crippen LogP contribution in [0.2, 0.25) is 0 Å². The summed E-state index contributed by atoms with van der Waals surface area (Å²) < 4.78 is 5.25. The van der Waals surface area contributed by atoms with Gasteiger partial charge in [0.25, 0.3) is 5.91 Å². The Hall–Kier alpha value is -2.48. The first-order chi connectivity index (χ1) is 11.0. The van der Waals surface area contributed by atoms with Crippen LogP contribution in [0.25, 0.3) is 0 Å². The maximum Gasteiger partial charge on any atom is 0.267 e. The van der Waals surface area contributed by atoms with E-state index in [4.69, 9.17) is 4.74 Å². The van der Waals surface area contributed by atoms with Crippen molar-refractivity contribution in [3.63, 3.8) is 0 Å². The highest BCUT2D eigenvalue weighted by Gasteiger charge is 2.19. The molecule has 0 aromatic heterocycles. The Kier molecular flexibility index (Phi) is 5.64. The Balaban J connectivity index is 2.17. The summed E-state index contributed by atoms with van der Waals surface area (Å²) in [6, 6.07) is 7.90. The number of methoxy groups -OCH3 is 1. The number of amides is 1. The standard InChI is InChI=1S/C18H23N3O2/c1-13-7-8-17(23-3)16(10-13)20-18(22)15(11-19)12-21-9-5-4-6-14(21)2/h7-8,10,12,14H,4-6,9H2,1-3H3,(H,20,22)/b15-12-. The van der Waals surface area contributed by atoms with E-state index in [1.54, 1.807) is 19.4 Å². The molecular formula is C18H23N3O2. The number of carbonyl (C=O) groups excluding carboxylic acids is 1. The minimum absolute atomic E-state index is 0.113. The molecule has 1 heterocycles. The molecule has 1 aromatic carbocycles. The number of nitriles is 1. The first-order valence-corrected chi connectivity index (χ1v) is 7.89.